The first-order valence-electron chi connectivity index (χ1n) is 3.87. The van der Waals surface area contributed by atoms with Gasteiger partial charge in [-0.15, -0.1) is 4.98 Å². The van der Waals surface area contributed by atoms with Crippen molar-refractivity contribution in [3.05, 3.63) is 54.3 Å². The van der Waals surface area contributed by atoms with Gasteiger partial charge < -0.3 is 4.85 Å². The standard InChI is InChI=1S/C10H7N3/c1-11-10-7-13(8-12-10)9-5-3-2-4-6-9/h2-8H. The molecule has 0 saturated carbocycles. The van der Waals surface area contributed by atoms with E-state index in [1.54, 1.807) is 12.5 Å². The van der Waals surface area contributed by atoms with Crippen molar-refractivity contribution < 1.29 is 0 Å². The number of hydrogen-bond donors (Lipinski definition) is 0. The van der Waals surface area contributed by atoms with Gasteiger partial charge in [0.25, 0.3) is 5.82 Å². The summed E-state index contributed by atoms with van der Waals surface area (Å²) in [5.74, 6) is 0.420. The van der Waals surface area contributed by atoms with E-state index in [1.165, 1.54) is 0 Å². The summed E-state index contributed by atoms with van der Waals surface area (Å²) < 4.78 is 1.83. The first kappa shape index (κ1) is 7.56. The van der Waals surface area contributed by atoms with Crippen LogP contribution in [0.1, 0.15) is 0 Å². The Hall–Kier alpha value is -2.08. The second-order valence-electron chi connectivity index (χ2n) is 2.59. The van der Waals surface area contributed by atoms with Crippen LogP contribution in [0.15, 0.2) is 42.9 Å². The van der Waals surface area contributed by atoms with Crippen LogP contribution >= 0.6 is 0 Å². The number of nitrogens with zero attached hydrogens (tertiary/aromatic N) is 3. The van der Waals surface area contributed by atoms with Gasteiger partial charge >= 0.3 is 0 Å². The topological polar surface area (TPSA) is 22.2 Å². The molecule has 0 bridgehead atoms. The highest BCUT2D eigenvalue weighted by atomic mass is 15.1. The van der Waals surface area contributed by atoms with Crippen molar-refractivity contribution in [2.75, 3.05) is 0 Å². The molecule has 13 heavy (non-hydrogen) atoms. The molecule has 0 aliphatic carbocycles. The van der Waals surface area contributed by atoms with Crippen molar-refractivity contribution in [2.45, 2.75) is 0 Å². The minimum absolute atomic E-state index is 0.420. The summed E-state index contributed by atoms with van der Waals surface area (Å²) in [5, 5.41) is 0. The summed E-state index contributed by atoms with van der Waals surface area (Å²) in [5.41, 5.74) is 1.02. The highest BCUT2D eigenvalue weighted by Crippen LogP contribution is 2.12. The molecule has 1 aromatic carbocycles. The lowest BCUT2D eigenvalue weighted by Gasteiger charge is -1.97. The molecule has 3 nitrogen and oxygen atoms in total. The monoisotopic (exact) mass is 169 g/mol. The Bertz CT molecular complexity index is 437. The third-order valence-electron chi connectivity index (χ3n) is 1.74. The first-order valence-corrected chi connectivity index (χ1v) is 3.87. The molecule has 2 aromatic rings. The van der Waals surface area contributed by atoms with E-state index in [0.29, 0.717) is 5.82 Å². The zero-order valence-electron chi connectivity index (χ0n) is 6.88. The predicted octanol–water partition coefficient (Wildman–Crippen LogP) is 2.42. The second-order valence-corrected chi connectivity index (χ2v) is 2.59. The minimum Gasteiger partial charge on any atom is -0.359 e. The van der Waals surface area contributed by atoms with E-state index >= 15 is 0 Å². The molecular formula is C10H7N3. The van der Waals surface area contributed by atoms with Crippen molar-refractivity contribution in [1.29, 1.82) is 0 Å². The molecule has 62 valence electrons. The van der Waals surface area contributed by atoms with Crippen LogP contribution in [-0.4, -0.2) is 9.55 Å². The molecule has 0 spiro atoms. The third-order valence-corrected chi connectivity index (χ3v) is 1.74. The molecule has 0 saturated heterocycles. The Morgan fingerprint density at radius 3 is 2.62 bits per heavy atom. The number of aromatic nitrogens is 2. The predicted molar refractivity (Wildman–Crippen MR) is 49.8 cm³/mol. The van der Waals surface area contributed by atoms with Crippen LogP contribution in [-0.2, 0) is 0 Å². The zero-order chi connectivity index (χ0) is 9.10. The Labute approximate surface area is 76.1 Å². The minimum atomic E-state index is 0.420. The number of para-hydroxylation sites is 1. The van der Waals surface area contributed by atoms with Gasteiger partial charge in [-0.1, -0.05) is 24.8 Å². The van der Waals surface area contributed by atoms with Crippen LogP contribution < -0.4 is 0 Å². The van der Waals surface area contributed by atoms with Gasteiger partial charge in [0.2, 0.25) is 0 Å². The van der Waals surface area contributed by atoms with Gasteiger partial charge in [-0.05, 0) is 12.1 Å². The van der Waals surface area contributed by atoms with Crippen LogP contribution in [0.25, 0.3) is 10.5 Å². The first-order chi connectivity index (χ1) is 6.40. The lowest BCUT2D eigenvalue weighted by molar-refractivity contribution is 1.06. The van der Waals surface area contributed by atoms with Gasteiger partial charge in [-0.3, -0.25) is 4.57 Å². The smallest absolute Gasteiger partial charge is 0.287 e. The summed E-state index contributed by atoms with van der Waals surface area (Å²) in [4.78, 5) is 7.15. The summed E-state index contributed by atoms with van der Waals surface area (Å²) in [6.07, 6.45) is 3.35. The fraction of sp³-hybridized carbons (Fsp3) is 0. The quantitative estimate of drug-likeness (QED) is 0.601. The fourth-order valence-electron chi connectivity index (χ4n) is 1.11. The molecule has 0 radical (unpaired) electrons. The lowest BCUT2D eigenvalue weighted by atomic mass is 10.3. The van der Waals surface area contributed by atoms with Gasteiger partial charge in [0.15, 0.2) is 6.33 Å². The summed E-state index contributed by atoms with van der Waals surface area (Å²) in [7, 11) is 0. The molecule has 1 heterocycles. The molecule has 0 amide bonds. The Morgan fingerprint density at radius 1 is 1.23 bits per heavy atom. The van der Waals surface area contributed by atoms with E-state index in [9.17, 15) is 0 Å². The third kappa shape index (κ3) is 1.42. The van der Waals surface area contributed by atoms with Crippen LogP contribution in [0, 0.1) is 6.57 Å². The Balaban J connectivity index is 2.43. The summed E-state index contributed by atoms with van der Waals surface area (Å²) in [6.45, 7) is 6.77. The highest BCUT2D eigenvalue weighted by Gasteiger charge is 1.99. The SMILES string of the molecule is [C-]#[N+]c1cn(-c2ccccc2)cn1. The maximum absolute atomic E-state index is 6.77. The molecule has 0 atom stereocenters. The molecule has 2 rings (SSSR count). The van der Waals surface area contributed by atoms with Crippen molar-refractivity contribution >= 4 is 5.82 Å². The van der Waals surface area contributed by atoms with Crippen LogP contribution in [0.4, 0.5) is 5.82 Å². The molecule has 0 N–H and O–H groups in total. The maximum Gasteiger partial charge on any atom is 0.287 e. The van der Waals surface area contributed by atoms with Crippen molar-refractivity contribution in [3.8, 4) is 5.69 Å². The largest absolute Gasteiger partial charge is 0.359 e. The van der Waals surface area contributed by atoms with Crippen LogP contribution in [0.2, 0.25) is 0 Å². The van der Waals surface area contributed by atoms with E-state index in [4.69, 9.17) is 6.57 Å². The molecule has 1 aromatic heterocycles. The lowest BCUT2D eigenvalue weighted by Crippen LogP contribution is -1.87. The van der Waals surface area contributed by atoms with E-state index in [-0.39, 0.29) is 0 Å². The van der Waals surface area contributed by atoms with E-state index in [0.717, 1.165) is 5.69 Å². The molecule has 0 fully saturated rings. The van der Waals surface area contributed by atoms with Gasteiger partial charge in [0.05, 0.1) is 0 Å². The molecule has 0 aliphatic rings. The molecular weight excluding hydrogens is 162 g/mol. The fourth-order valence-corrected chi connectivity index (χ4v) is 1.11. The van der Waals surface area contributed by atoms with E-state index in [1.807, 2.05) is 34.9 Å². The van der Waals surface area contributed by atoms with Gasteiger partial charge in [-0.25, -0.2) is 0 Å². The van der Waals surface area contributed by atoms with Crippen molar-refractivity contribution in [2.24, 2.45) is 0 Å². The van der Waals surface area contributed by atoms with E-state index < -0.39 is 0 Å². The number of benzene rings is 1. The van der Waals surface area contributed by atoms with Crippen LogP contribution in [0.3, 0.4) is 0 Å². The Kier molecular flexibility index (Phi) is 1.81. The maximum atomic E-state index is 6.77. The zero-order valence-corrected chi connectivity index (χ0v) is 6.88. The Morgan fingerprint density at radius 2 is 2.00 bits per heavy atom. The van der Waals surface area contributed by atoms with Crippen molar-refractivity contribution in [1.82, 2.24) is 9.55 Å². The van der Waals surface area contributed by atoms with Gasteiger partial charge in [-0.2, -0.15) is 0 Å². The molecule has 0 aliphatic heterocycles. The summed E-state index contributed by atoms with van der Waals surface area (Å²) >= 11 is 0. The normalized spacial score (nSPS) is 9.46. The van der Waals surface area contributed by atoms with Gasteiger partial charge in [0.1, 0.15) is 0 Å². The number of hydrogen-bond acceptors (Lipinski definition) is 1. The number of rotatable bonds is 1. The van der Waals surface area contributed by atoms with Gasteiger partial charge in [0, 0.05) is 11.9 Å². The molecule has 3 heteroatoms. The molecule has 0 unspecified atom stereocenters. The highest BCUT2D eigenvalue weighted by molar-refractivity contribution is 5.39. The van der Waals surface area contributed by atoms with Crippen LogP contribution in [0.5, 0.6) is 0 Å². The number of imidazole rings is 1. The summed E-state index contributed by atoms with van der Waals surface area (Å²) in [6, 6.07) is 9.79. The average Bonchev–Trinajstić information content (AvgIpc) is 2.67. The van der Waals surface area contributed by atoms with Crippen molar-refractivity contribution in [3.63, 3.8) is 0 Å². The second kappa shape index (κ2) is 3.11. The van der Waals surface area contributed by atoms with E-state index in [2.05, 4.69) is 9.83 Å². The average molecular weight is 169 g/mol.